The maximum atomic E-state index is 4.70. The van der Waals surface area contributed by atoms with Crippen LogP contribution in [0.15, 0.2) is 41.9 Å². The van der Waals surface area contributed by atoms with Crippen LogP contribution < -0.4 is 10.6 Å². The van der Waals surface area contributed by atoms with E-state index >= 15 is 0 Å². The third-order valence-electron chi connectivity index (χ3n) is 3.82. The van der Waals surface area contributed by atoms with Crippen LogP contribution in [0.25, 0.3) is 0 Å². The van der Waals surface area contributed by atoms with E-state index in [0.29, 0.717) is 6.54 Å². The zero-order chi connectivity index (χ0) is 17.9. The van der Waals surface area contributed by atoms with Gasteiger partial charge in [-0.2, -0.15) is 5.10 Å². The molecule has 26 heavy (non-hydrogen) atoms. The van der Waals surface area contributed by atoms with Crippen LogP contribution in [-0.2, 0) is 13.1 Å². The van der Waals surface area contributed by atoms with Gasteiger partial charge in [-0.1, -0.05) is 38.1 Å². The number of nitrogens with one attached hydrogen (secondary N) is 2. The van der Waals surface area contributed by atoms with E-state index in [-0.39, 0.29) is 24.0 Å². The molecule has 144 valence electrons. The van der Waals surface area contributed by atoms with Crippen LogP contribution in [0.2, 0.25) is 0 Å². The first-order chi connectivity index (χ1) is 12.2. The van der Waals surface area contributed by atoms with Crippen molar-refractivity contribution < 1.29 is 0 Å². The van der Waals surface area contributed by atoms with Crippen LogP contribution in [0.5, 0.6) is 0 Å². The fourth-order valence-electron chi connectivity index (χ4n) is 2.56. The molecule has 1 heterocycles. The Morgan fingerprint density at radius 3 is 2.73 bits per heavy atom. The summed E-state index contributed by atoms with van der Waals surface area (Å²) in [6.07, 6.45) is 5.68. The van der Waals surface area contributed by atoms with Crippen molar-refractivity contribution in [2.24, 2.45) is 10.9 Å². The molecule has 6 nitrogen and oxygen atoms in total. The highest BCUT2D eigenvalue weighted by Gasteiger charge is 2.01. The quantitative estimate of drug-likeness (QED) is 0.255. The lowest BCUT2D eigenvalue weighted by Gasteiger charge is -2.12. The number of benzene rings is 1. The van der Waals surface area contributed by atoms with Crippen molar-refractivity contribution >= 4 is 29.9 Å². The van der Waals surface area contributed by atoms with Gasteiger partial charge in [-0.05, 0) is 36.8 Å². The van der Waals surface area contributed by atoms with Crippen molar-refractivity contribution in [3.05, 3.63) is 48.0 Å². The van der Waals surface area contributed by atoms with Gasteiger partial charge in [0.25, 0.3) is 0 Å². The van der Waals surface area contributed by atoms with E-state index < -0.39 is 0 Å². The van der Waals surface area contributed by atoms with Crippen molar-refractivity contribution in [2.75, 3.05) is 13.1 Å². The van der Waals surface area contributed by atoms with Gasteiger partial charge in [0.15, 0.2) is 5.96 Å². The van der Waals surface area contributed by atoms with Gasteiger partial charge in [0, 0.05) is 13.1 Å². The molecule has 0 bridgehead atoms. The second-order valence-electron chi connectivity index (χ2n) is 6.57. The molecule has 0 unspecified atom stereocenters. The lowest BCUT2D eigenvalue weighted by molar-refractivity contribution is 0.549. The molecule has 0 spiro atoms. The normalized spacial score (nSPS) is 11.3. The van der Waals surface area contributed by atoms with Crippen molar-refractivity contribution in [2.45, 2.75) is 46.7 Å². The molecular formula is C19H31IN6. The van der Waals surface area contributed by atoms with Crippen LogP contribution in [0.3, 0.4) is 0 Å². The maximum Gasteiger partial charge on any atom is 0.191 e. The molecule has 0 radical (unpaired) electrons. The molecule has 0 atom stereocenters. The Labute approximate surface area is 173 Å². The van der Waals surface area contributed by atoms with E-state index in [4.69, 9.17) is 4.99 Å². The molecule has 0 aliphatic carbocycles. The Morgan fingerprint density at radius 1 is 1.23 bits per heavy atom. The second-order valence-corrected chi connectivity index (χ2v) is 6.57. The van der Waals surface area contributed by atoms with Crippen LogP contribution >= 0.6 is 24.0 Å². The molecule has 0 saturated carbocycles. The van der Waals surface area contributed by atoms with E-state index in [1.54, 1.807) is 12.7 Å². The predicted molar refractivity (Wildman–Crippen MR) is 118 cm³/mol. The molecule has 0 amide bonds. The smallest absolute Gasteiger partial charge is 0.191 e. The summed E-state index contributed by atoms with van der Waals surface area (Å²) in [4.78, 5) is 8.68. The number of nitrogens with zero attached hydrogens (tertiary/aromatic N) is 4. The number of hydrogen-bond donors (Lipinski definition) is 2. The van der Waals surface area contributed by atoms with E-state index in [1.165, 1.54) is 17.5 Å². The summed E-state index contributed by atoms with van der Waals surface area (Å²) in [7, 11) is 0. The van der Waals surface area contributed by atoms with Gasteiger partial charge in [-0.15, -0.1) is 24.0 Å². The third kappa shape index (κ3) is 8.64. The van der Waals surface area contributed by atoms with Gasteiger partial charge in [-0.3, -0.25) is 0 Å². The topological polar surface area (TPSA) is 67.1 Å². The average molecular weight is 470 g/mol. The van der Waals surface area contributed by atoms with E-state index in [2.05, 4.69) is 65.8 Å². The van der Waals surface area contributed by atoms with E-state index in [9.17, 15) is 0 Å². The molecular weight excluding hydrogens is 439 g/mol. The number of aromatic nitrogens is 3. The Bertz CT molecular complexity index is 639. The highest BCUT2D eigenvalue weighted by Crippen LogP contribution is 2.08. The zero-order valence-electron chi connectivity index (χ0n) is 16.0. The lowest BCUT2D eigenvalue weighted by Crippen LogP contribution is -2.37. The predicted octanol–water partition coefficient (Wildman–Crippen LogP) is 3.44. The van der Waals surface area contributed by atoms with Crippen molar-refractivity contribution in [3.63, 3.8) is 0 Å². The van der Waals surface area contributed by atoms with Gasteiger partial charge in [0.2, 0.25) is 0 Å². The summed E-state index contributed by atoms with van der Waals surface area (Å²) in [5, 5.41) is 10.9. The minimum atomic E-state index is 0. The summed E-state index contributed by atoms with van der Waals surface area (Å²) in [5.74, 6) is 1.63. The number of guanidine groups is 1. The number of rotatable bonds is 9. The van der Waals surface area contributed by atoms with Crippen LogP contribution in [0.1, 0.15) is 44.7 Å². The van der Waals surface area contributed by atoms with Crippen LogP contribution in [0.4, 0.5) is 0 Å². The van der Waals surface area contributed by atoms with E-state index in [1.807, 2.05) is 4.68 Å². The fraction of sp³-hybridized carbons (Fsp3) is 0.526. The maximum absolute atomic E-state index is 4.70. The summed E-state index contributed by atoms with van der Waals surface area (Å²) < 4.78 is 1.82. The first-order valence-corrected chi connectivity index (χ1v) is 9.09. The van der Waals surface area contributed by atoms with Gasteiger partial charge >= 0.3 is 0 Å². The summed E-state index contributed by atoms with van der Waals surface area (Å²) in [6, 6.07) is 8.45. The molecule has 2 N–H and O–H groups in total. The SMILES string of the molecule is CCNC(=NCc1cccc(Cn2cncn2)c1)NCCCC(C)C.I. The van der Waals surface area contributed by atoms with Gasteiger partial charge in [0.05, 0.1) is 13.1 Å². The Hall–Kier alpha value is -1.64. The number of halogens is 1. The third-order valence-corrected chi connectivity index (χ3v) is 3.82. The molecule has 1 aromatic heterocycles. The molecule has 0 fully saturated rings. The summed E-state index contributed by atoms with van der Waals surface area (Å²) >= 11 is 0. The monoisotopic (exact) mass is 470 g/mol. The second kappa shape index (κ2) is 12.7. The summed E-state index contributed by atoms with van der Waals surface area (Å²) in [5.41, 5.74) is 2.39. The molecule has 2 rings (SSSR count). The largest absolute Gasteiger partial charge is 0.357 e. The molecule has 0 aliphatic heterocycles. The fourth-order valence-corrected chi connectivity index (χ4v) is 2.56. The first kappa shape index (κ1) is 22.4. The van der Waals surface area contributed by atoms with Crippen molar-refractivity contribution in [1.82, 2.24) is 25.4 Å². The first-order valence-electron chi connectivity index (χ1n) is 9.09. The van der Waals surface area contributed by atoms with Gasteiger partial charge in [-0.25, -0.2) is 14.7 Å². The Kier molecular flexibility index (Phi) is 10.9. The van der Waals surface area contributed by atoms with Crippen LogP contribution in [-0.4, -0.2) is 33.8 Å². The molecule has 2 aromatic rings. The van der Waals surface area contributed by atoms with Gasteiger partial charge < -0.3 is 10.6 Å². The number of aliphatic imine (C=N–C) groups is 1. The molecule has 0 aliphatic rings. The Morgan fingerprint density at radius 2 is 2.04 bits per heavy atom. The molecule has 0 saturated heterocycles. The number of hydrogen-bond acceptors (Lipinski definition) is 3. The minimum Gasteiger partial charge on any atom is -0.357 e. The average Bonchev–Trinajstić information content (AvgIpc) is 3.09. The molecule has 7 heteroatoms. The lowest BCUT2D eigenvalue weighted by atomic mass is 10.1. The minimum absolute atomic E-state index is 0. The Balaban J connectivity index is 0.00000338. The zero-order valence-corrected chi connectivity index (χ0v) is 18.3. The van der Waals surface area contributed by atoms with Crippen LogP contribution in [0, 0.1) is 5.92 Å². The van der Waals surface area contributed by atoms with Crippen molar-refractivity contribution in [1.29, 1.82) is 0 Å². The highest BCUT2D eigenvalue weighted by atomic mass is 127. The highest BCUT2D eigenvalue weighted by molar-refractivity contribution is 14.0. The standard InChI is InChI=1S/C19H30N6.HI/c1-4-21-19(22-10-6-7-16(2)3)23-12-17-8-5-9-18(11-17)13-25-15-20-14-24-25;/h5,8-9,11,14-16H,4,6-7,10,12-13H2,1-3H3,(H2,21,22,23);1H. The summed E-state index contributed by atoms with van der Waals surface area (Å²) in [6.45, 7) is 9.80. The van der Waals surface area contributed by atoms with Crippen molar-refractivity contribution in [3.8, 4) is 0 Å². The van der Waals surface area contributed by atoms with E-state index in [0.717, 1.165) is 37.9 Å². The molecule has 1 aromatic carbocycles. The van der Waals surface area contributed by atoms with Gasteiger partial charge in [0.1, 0.15) is 12.7 Å².